The average Bonchev–Trinajstić information content (AvgIpc) is 2.59. The Hall–Kier alpha value is -2.68. The highest BCUT2D eigenvalue weighted by Gasteiger charge is 2.31. The predicted octanol–water partition coefficient (Wildman–Crippen LogP) is 3.16. The molecule has 1 heterocycles. The highest BCUT2D eigenvalue weighted by molar-refractivity contribution is 7.80. The zero-order valence-corrected chi connectivity index (χ0v) is 16.6. The molecule has 8 nitrogen and oxygen atoms in total. The third-order valence-electron chi connectivity index (χ3n) is 3.99. The second kappa shape index (κ2) is 8.81. The zero-order chi connectivity index (χ0) is 20.1. The highest BCUT2D eigenvalue weighted by atomic mass is 32.1. The molecule has 0 saturated heterocycles. The summed E-state index contributed by atoms with van der Waals surface area (Å²) in [6.07, 6.45) is 0.699. The van der Waals surface area contributed by atoms with Gasteiger partial charge in [-0.2, -0.15) is 0 Å². The molecule has 146 valence electrons. The fraction of sp³-hybridized carbons (Fsp3) is 0.444. The van der Waals surface area contributed by atoms with E-state index in [2.05, 4.69) is 10.6 Å². The van der Waals surface area contributed by atoms with E-state index >= 15 is 0 Å². The Bertz CT molecular complexity index is 806. The van der Waals surface area contributed by atoms with Gasteiger partial charge in [0, 0.05) is 17.3 Å². The summed E-state index contributed by atoms with van der Waals surface area (Å²) in [6, 6.07) is 2.44. The minimum absolute atomic E-state index is 0.0917. The second-order valence-electron chi connectivity index (χ2n) is 6.03. The van der Waals surface area contributed by atoms with Crippen LogP contribution in [0.15, 0.2) is 23.4 Å². The molecule has 0 saturated carbocycles. The summed E-state index contributed by atoms with van der Waals surface area (Å²) in [7, 11) is 0. The Morgan fingerprint density at radius 1 is 1.33 bits per heavy atom. The van der Waals surface area contributed by atoms with Crippen molar-refractivity contribution in [2.45, 2.75) is 40.2 Å². The van der Waals surface area contributed by atoms with Gasteiger partial charge in [0.25, 0.3) is 0 Å². The fourth-order valence-electron chi connectivity index (χ4n) is 2.93. The summed E-state index contributed by atoms with van der Waals surface area (Å²) < 4.78 is 11.2. The van der Waals surface area contributed by atoms with Crippen LogP contribution in [-0.4, -0.2) is 29.0 Å². The number of nitro benzene ring substituents is 1. The molecule has 0 radical (unpaired) electrons. The van der Waals surface area contributed by atoms with Crippen molar-refractivity contribution >= 4 is 28.8 Å². The van der Waals surface area contributed by atoms with Crippen LogP contribution in [0.2, 0.25) is 0 Å². The van der Waals surface area contributed by atoms with Gasteiger partial charge in [-0.05, 0) is 51.0 Å². The van der Waals surface area contributed by atoms with Gasteiger partial charge >= 0.3 is 5.69 Å². The van der Waals surface area contributed by atoms with Crippen molar-refractivity contribution < 1.29 is 19.2 Å². The Kier molecular flexibility index (Phi) is 6.73. The zero-order valence-electron chi connectivity index (χ0n) is 15.8. The summed E-state index contributed by atoms with van der Waals surface area (Å²) in [5, 5.41) is 17.9. The first-order valence-corrected chi connectivity index (χ1v) is 9.08. The third kappa shape index (κ3) is 4.54. The maximum atomic E-state index is 12.2. The largest absolute Gasteiger partial charge is 0.490 e. The molecular weight excluding hydrogens is 370 g/mol. The van der Waals surface area contributed by atoms with E-state index in [4.69, 9.17) is 21.7 Å². The first kappa shape index (κ1) is 20.6. The molecule has 1 aromatic rings. The van der Waals surface area contributed by atoms with Crippen LogP contribution >= 0.6 is 12.2 Å². The van der Waals surface area contributed by atoms with E-state index in [0.717, 1.165) is 0 Å². The lowest BCUT2D eigenvalue weighted by atomic mass is 9.92. The van der Waals surface area contributed by atoms with Gasteiger partial charge in [0.2, 0.25) is 5.75 Å². The molecule has 1 aliphatic heterocycles. The molecule has 9 heteroatoms. The molecule has 0 fully saturated rings. The number of nitrogens with zero attached hydrogens (tertiary/aromatic N) is 1. The van der Waals surface area contributed by atoms with Crippen molar-refractivity contribution in [2.75, 3.05) is 13.2 Å². The van der Waals surface area contributed by atoms with Crippen LogP contribution in [0.5, 0.6) is 11.5 Å². The van der Waals surface area contributed by atoms with Crippen molar-refractivity contribution in [1.29, 1.82) is 0 Å². The van der Waals surface area contributed by atoms with Gasteiger partial charge < -0.3 is 20.1 Å². The highest BCUT2D eigenvalue weighted by Crippen LogP contribution is 2.41. The number of nitro groups is 1. The fourth-order valence-corrected chi connectivity index (χ4v) is 3.20. The number of Topliss-reactive ketones (excluding diaryl/α,β-unsaturated/α-hetero) is 1. The number of carbonyl (C=O) groups is 1. The molecule has 0 amide bonds. The minimum atomic E-state index is -0.616. The normalized spacial score (nSPS) is 16.4. The number of carbonyl (C=O) groups excluding carboxylic acids is 1. The van der Waals surface area contributed by atoms with Crippen LogP contribution in [0.1, 0.15) is 45.7 Å². The third-order valence-corrected chi connectivity index (χ3v) is 4.21. The number of hydrogen-bond acceptors (Lipinski definition) is 6. The molecule has 1 atom stereocenters. The SMILES string of the molecule is CCCOc1c(OCC)cc(C2NC(=S)NC(C)=C2C(C)=O)cc1[N+](=O)[O-]. The number of ether oxygens (including phenoxy) is 2. The van der Waals surface area contributed by atoms with E-state index < -0.39 is 11.0 Å². The summed E-state index contributed by atoms with van der Waals surface area (Å²) in [5.74, 6) is 0.197. The Morgan fingerprint density at radius 3 is 2.59 bits per heavy atom. The number of hydrogen-bond donors (Lipinski definition) is 2. The number of allylic oxidation sites excluding steroid dienone is 1. The number of thiocarbonyl (C=S) groups is 1. The minimum Gasteiger partial charge on any atom is -0.490 e. The molecule has 27 heavy (non-hydrogen) atoms. The molecule has 1 aliphatic rings. The molecule has 2 N–H and O–H groups in total. The van der Waals surface area contributed by atoms with E-state index in [0.29, 0.717) is 41.6 Å². The van der Waals surface area contributed by atoms with Crippen LogP contribution in [-0.2, 0) is 4.79 Å². The van der Waals surface area contributed by atoms with Gasteiger partial charge in [0.1, 0.15) is 0 Å². The van der Waals surface area contributed by atoms with Crippen LogP contribution in [0.4, 0.5) is 5.69 Å². The number of ketones is 1. The molecule has 0 spiro atoms. The molecule has 0 aromatic heterocycles. The van der Waals surface area contributed by atoms with E-state index in [1.807, 2.05) is 6.92 Å². The standard InChI is InChI=1S/C18H23N3O5S/c1-5-7-26-17-13(21(23)24)8-12(9-14(17)25-6-2)16-15(11(4)22)10(3)19-18(27)20-16/h8-9,16H,5-7H2,1-4H3,(H2,19,20,27). The van der Waals surface area contributed by atoms with Crippen LogP contribution in [0, 0.1) is 10.1 Å². The summed E-state index contributed by atoms with van der Waals surface area (Å²) in [6.45, 7) is 7.52. The van der Waals surface area contributed by atoms with Crippen LogP contribution in [0.25, 0.3) is 0 Å². The van der Waals surface area contributed by atoms with Crippen molar-refractivity contribution in [1.82, 2.24) is 10.6 Å². The van der Waals surface area contributed by atoms with Crippen molar-refractivity contribution in [2.24, 2.45) is 0 Å². The Labute approximate surface area is 163 Å². The monoisotopic (exact) mass is 393 g/mol. The maximum absolute atomic E-state index is 12.2. The lowest BCUT2D eigenvalue weighted by Gasteiger charge is -2.30. The molecule has 1 unspecified atom stereocenters. The molecule has 1 aromatic carbocycles. The topological polar surface area (TPSA) is 103 Å². The summed E-state index contributed by atoms with van der Waals surface area (Å²) >= 11 is 5.19. The first-order chi connectivity index (χ1) is 12.8. The van der Waals surface area contributed by atoms with E-state index in [-0.39, 0.29) is 23.0 Å². The smallest absolute Gasteiger partial charge is 0.315 e. The second-order valence-corrected chi connectivity index (χ2v) is 6.44. The molecular formula is C18H23N3O5S. The lowest BCUT2D eigenvalue weighted by Crippen LogP contribution is -2.44. The van der Waals surface area contributed by atoms with Crippen molar-refractivity contribution in [3.05, 3.63) is 39.1 Å². The average molecular weight is 393 g/mol. The van der Waals surface area contributed by atoms with Crippen LogP contribution < -0.4 is 20.1 Å². The number of nitrogens with one attached hydrogen (secondary N) is 2. The summed E-state index contributed by atoms with van der Waals surface area (Å²) in [4.78, 5) is 23.3. The van der Waals surface area contributed by atoms with Gasteiger partial charge in [0.05, 0.1) is 24.2 Å². The van der Waals surface area contributed by atoms with Crippen LogP contribution in [0.3, 0.4) is 0 Å². The summed E-state index contributed by atoms with van der Waals surface area (Å²) in [5.41, 5.74) is 1.37. The molecule has 0 bridgehead atoms. The lowest BCUT2D eigenvalue weighted by molar-refractivity contribution is -0.386. The predicted molar refractivity (Wildman–Crippen MR) is 105 cm³/mol. The van der Waals surface area contributed by atoms with E-state index in [1.54, 1.807) is 19.9 Å². The molecule has 0 aliphatic carbocycles. The number of rotatable bonds is 8. The van der Waals surface area contributed by atoms with Gasteiger partial charge in [-0.1, -0.05) is 6.92 Å². The van der Waals surface area contributed by atoms with E-state index in [1.165, 1.54) is 13.0 Å². The maximum Gasteiger partial charge on any atom is 0.315 e. The first-order valence-electron chi connectivity index (χ1n) is 8.67. The van der Waals surface area contributed by atoms with Gasteiger partial charge in [-0.25, -0.2) is 0 Å². The van der Waals surface area contributed by atoms with Gasteiger partial charge in [-0.15, -0.1) is 0 Å². The van der Waals surface area contributed by atoms with Crippen molar-refractivity contribution in [3.63, 3.8) is 0 Å². The van der Waals surface area contributed by atoms with Gasteiger partial charge in [0.15, 0.2) is 16.6 Å². The van der Waals surface area contributed by atoms with Gasteiger partial charge in [-0.3, -0.25) is 14.9 Å². The van der Waals surface area contributed by atoms with Crippen molar-refractivity contribution in [3.8, 4) is 11.5 Å². The number of benzene rings is 1. The Balaban J connectivity index is 2.65. The quantitative estimate of drug-likeness (QED) is 0.394. The molecule has 2 rings (SSSR count). The Morgan fingerprint density at radius 2 is 2.04 bits per heavy atom. The van der Waals surface area contributed by atoms with E-state index in [9.17, 15) is 14.9 Å².